The van der Waals surface area contributed by atoms with Gasteiger partial charge in [-0.25, -0.2) is 4.79 Å². The summed E-state index contributed by atoms with van der Waals surface area (Å²) in [6.07, 6.45) is 7.04. The van der Waals surface area contributed by atoms with Crippen molar-refractivity contribution in [3.63, 3.8) is 0 Å². The lowest BCUT2D eigenvalue weighted by Gasteiger charge is -2.06. The van der Waals surface area contributed by atoms with Gasteiger partial charge in [0.15, 0.2) is 0 Å². The average Bonchev–Trinajstić information content (AvgIpc) is 2.19. The summed E-state index contributed by atoms with van der Waals surface area (Å²) in [4.78, 5) is 10.8. The number of carboxylic acids is 1. The predicted octanol–water partition coefficient (Wildman–Crippen LogP) is 2.52. The lowest BCUT2D eigenvalue weighted by atomic mass is 9.98. The number of hydrogen-bond acceptors (Lipinski definition) is 1. The van der Waals surface area contributed by atoms with E-state index in [9.17, 15) is 4.79 Å². The van der Waals surface area contributed by atoms with Gasteiger partial charge in [0, 0.05) is 12.0 Å². The van der Waals surface area contributed by atoms with Crippen molar-refractivity contribution in [2.45, 2.75) is 32.6 Å². The molecule has 0 aromatic heterocycles. The lowest BCUT2D eigenvalue weighted by Crippen LogP contribution is -2.04. The standard InChI is InChI=1S/C12H14O2/c1-2-3-4-7-10-8-5-6-9-11(10)12(13)14/h6,9H,2-3,5,8H2,1H3,(H,13,14). The highest BCUT2D eigenvalue weighted by Crippen LogP contribution is 2.18. The van der Waals surface area contributed by atoms with Crippen molar-refractivity contribution in [2.75, 3.05) is 0 Å². The molecule has 14 heavy (non-hydrogen) atoms. The Bertz CT molecular complexity index is 337. The summed E-state index contributed by atoms with van der Waals surface area (Å²) in [7, 11) is 0. The van der Waals surface area contributed by atoms with Gasteiger partial charge in [-0.05, 0) is 19.3 Å². The molecule has 0 saturated heterocycles. The molecule has 0 aromatic rings. The maximum atomic E-state index is 10.8. The van der Waals surface area contributed by atoms with Crippen LogP contribution in [0.15, 0.2) is 23.3 Å². The van der Waals surface area contributed by atoms with E-state index in [4.69, 9.17) is 5.11 Å². The zero-order chi connectivity index (χ0) is 10.4. The van der Waals surface area contributed by atoms with E-state index in [1.54, 1.807) is 6.08 Å². The molecule has 0 spiro atoms. The van der Waals surface area contributed by atoms with Crippen LogP contribution >= 0.6 is 0 Å². The highest BCUT2D eigenvalue weighted by Gasteiger charge is 2.12. The summed E-state index contributed by atoms with van der Waals surface area (Å²) in [5.74, 6) is 5.06. The number of carboxylic acid groups (broad SMARTS) is 1. The van der Waals surface area contributed by atoms with Crippen LogP contribution in [0.2, 0.25) is 0 Å². The number of aliphatic carboxylic acids is 1. The van der Waals surface area contributed by atoms with Crippen LogP contribution < -0.4 is 0 Å². The van der Waals surface area contributed by atoms with Gasteiger partial charge in [0.25, 0.3) is 0 Å². The summed E-state index contributed by atoms with van der Waals surface area (Å²) in [6, 6.07) is 0. The zero-order valence-corrected chi connectivity index (χ0v) is 8.34. The third kappa shape index (κ3) is 2.77. The van der Waals surface area contributed by atoms with E-state index in [1.165, 1.54) is 0 Å². The molecule has 0 fully saturated rings. The summed E-state index contributed by atoms with van der Waals surface area (Å²) < 4.78 is 0. The normalized spacial score (nSPS) is 14.9. The van der Waals surface area contributed by atoms with Crippen molar-refractivity contribution in [3.05, 3.63) is 23.3 Å². The van der Waals surface area contributed by atoms with Gasteiger partial charge in [0.2, 0.25) is 0 Å². The van der Waals surface area contributed by atoms with Crippen molar-refractivity contribution >= 4 is 5.97 Å². The van der Waals surface area contributed by atoms with Crippen molar-refractivity contribution < 1.29 is 9.90 Å². The van der Waals surface area contributed by atoms with Gasteiger partial charge < -0.3 is 5.11 Å². The number of carbonyl (C=O) groups is 1. The number of rotatable bonds is 2. The highest BCUT2D eigenvalue weighted by molar-refractivity contribution is 5.92. The molecule has 0 aromatic carbocycles. The van der Waals surface area contributed by atoms with Gasteiger partial charge in [0.05, 0.1) is 5.57 Å². The van der Waals surface area contributed by atoms with Crippen molar-refractivity contribution in [2.24, 2.45) is 0 Å². The van der Waals surface area contributed by atoms with E-state index in [0.717, 1.165) is 31.3 Å². The van der Waals surface area contributed by atoms with E-state index in [2.05, 4.69) is 18.8 Å². The van der Waals surface area contributed by atoms with Crippen LogP contribution in [0.4, 0.5) is 0 Å². The maximum Gasteiger partial charge on any atom is 0.336 e. The molecule has 0 saturated carbocycles. The molecule has 0 unspecified atom stereocenters. The molecular formula is C12H14O2. The second-order valence-electron chi connectivity index (χ2n) is 3.19. The van der Waals surface area contributed by atoms with E-state index in [-0.39, 0.29) is 0 Å². The molecule has 74 valence electrons. The third-order valence-corrected chi connectivity index (χ3v) is 2.02. The third-order valence-electron chi connectivity index (χ3n) is 2.02. The SMILES string of the molecule is CCCC#CC1=C(C(=O)O)C=CCC1. The Hall–Kier alpha value is -1.49. The van der Waals surface area contributed by atoms with Gasteiger partial charge in [-0.15, -0.1) is 0 Å². The molecule has 0 aliphatic heterocycles. The molecular weight excluding hydrogens is 176 g/mol. The Labute approximate surface area is 84.3 Å². The smallest absolute Gasteiger partial charge is 0.336 e. The number of allylic oxidation sites excluding steroid dienone is 2. The maximum absolute atomic E-state index is 10.8. The minimum Gasteiger partial charge on any atom is -0.478 e. The van der Waals surface area contributed by atoms with Gasteiger partial charge in [-0.2, -0.15) is 0 Å². The molecule has 2 nitrogen and oxygen atoms in total. The first-order valence-electron chi connectivity index (χ1n) is 4.87. The highest BCUT2D eigenvalue weighted by atomic mass is 16.4. The van der Waals surface area contributed by atoms with E-state index >= 15 is 0 Å². The van der Waals surface area contributed by atoms with Crippen molar-refractivity contribution in [1.82, 2.24) is 0 Å². The van der Waals surface area contributed by atoms with Gasteiger partial charge in [-0.1, -0.05) is 30.9 Å². The lowest BCUT2D eigenvalue weighted by molar-refractivity contribution is -0.132. The fraction of sp³-hybridized carbons (Fsp3) is 0.417. The molecule has 0 heterocycles. The molecule has 1 aliphatic carbocycles. The summed E-state index contributed by atoms with van der Waals surface area (Å²) in [6.45, 7) is 2.06. The summed E-state index contributed by atoms with van der Waals surface area (Å²) in [5, 5.41) is 8.89. The van der Waals surface area contributed by atoms with Crippen LogP contribution in [0.25, 0.3) is 0 Å². The first-order chi connectivity index (χ1) is 6.75. The Morgan fingerprint density at radius 3 is 3.07 bits per heavy atom. The first-order valence-corrected chi connectivity index (χ1v) is 4.87. The Balaban J connectivity index is 2.86. The quantitative estimate of drug-likeness (QED) is 0.679. The number of unbranched alkanes of at least 4 members (excludes halogenated alkanes) is 1. The topological polar surface area (TPSA) is 37.3 Å². The second kappa shape index (κ2) is 5.29. The molecule has 0 bridgehead atoms. The van der Waals surface area contributed by atoms with Crippen LogP contribution in [0, 0.1) is 11.8 Å². The molecule has 1 aliphatic rings. The zero-order valence-electron chi connectivity index (χ0n) is 8.34. The Morgan fingerprint density at radius 2 is 2.43 bits per heavy atom. The summed E-state index contributed by atoms with van der Waals surface area (Å²) >= 11 is 0. The van der Waals surface area contributed by atoms with E-state index in [1.807, 2.05) is 6.08 Å². The van der Waals surface area contributed by atoms with Crippen molar-refractivity contribution in [3.8, 4) is 11.8 Å². The fourth-order valence-corrected chi connectivity index (χ4v) is 1.29. The largest absolute Gasteiger partial charge is 0.478 e. The van der Waals surface area contributed by atoms with Crippen molar-refractivity contribution in [1.29, 1.82) is 0 Å². The van der Waals surface area contributed by atoms with Crippen LogP contribution in [-0.2, 0) is 4.79 Å². The average molecular weight is 190 g/mol. The molecule has 2 heteroatoms. The monoisotopic (exact) mass is 190 g/mol. The summed E-state index contributed by atoms with van der Waals surface area (Å²) in [5.41, 5.74) is 1.13. The fourth-order valence-electron chi connectivity index (χ4n) is 1.29. The van der Waals surface area contributed by atoms with Gasteiger partial charge >= 0.3 is 5.97 Å². The van der Waals surface area contributed by atoms with Crippen LogP contribution in [-0.4, -0.2) is 11.1 Å². The molecule has 1 N–H and O–H groups in total. The Morgan fingerprint density at radius 1 is 1.64 bits per heavy atom. The van der Waals surface area contributed by atoms with Crippen LogP contribution in [0.1, 0.15) is 32.6 Å². The van der Waals surface area contributed by atoms with Crippen LogP contribution in [0.3, 0.4) is 0 Å². The van der Waals surface area contributed by atoms with Gasteiger partial charge in [0.1, 0.15) is 0 Å². The molecule has 0 amide bonds. The molecule has 0 atom stereocenters. The number of hydrogen-bond donors (Lipinski definition) is 1. The Kier molecular flexibility index (Phi) is 4.00. The molecule has 1 rings (SSSR count). The first kappa shape index (κ1) is 10.6. The minimum atomic E-state index is -0.873. The molecule has 0 radical (unpaired) electrons. The van der Waals surface area contributed by atoms with Crippen LogP contribution in [0.5, 0.6) is 0 Å². The van der Waals surface area contributed by atoms with Gasteiger partial charge in [-0.3, -0.25) is 0 Å². The second-order valence-corrected chi connectivity index (χ2v) is 3.19. The predicted molar refractivity (Wildman–Crippen MR) is 55.7 cm³/mol. The van der Waals surface area contributed by atoms with E-state index in [0.29, 0.717) is 5.57 Å². The minimum absolute atomic E-state index is 0.361. The van der Waals surface area contributed by atoms with E-state index < -0.39 is 5.97 Å².